The van der Waals surface area contributed by atoms with Crippen molar-refractivity contribution in [3.63, 3.8) is 0 Å². The van der Waals surface area contributed by atoms with Crippen LogP contribution in [0.25, 0.3) is 0 Å². The summed E-state index contributed by atoms with van der Waals surface area (Å²) >= 11 is 0. The second kappa shape index (κ2) is 12.9. The van der Waals surface area contributed by atoms with E-state index in [0.29, 0.717) is 65.7 Å². The Balaban J connectivity index is 1.91. The number of benzene rings is 1. The molecule has 1 heterocycles. The van der Waals surface area contributed by atoms with Gasteiger partial charge in [0.15, 0.2) is 5.96 Å². The molecule has 1 aliphatic heterocycles. The highest BCUT2D eigenvalue weighted by atomic mass is 19.4. The van der Waals surface area contributed by atoms with Crippen molar-refractivity contribution in [1.82, 2.24) is 15.1 Å². The fourth-order valence-corrected chi connectivity index (χ4v) is 3.39. The molecule has 0 spiro atoms. The molecule has 1 N–H and O–H groups in total. The number of aliphatic imine (C=N–C) groups is 1. The Morgan fingerprint density at radius 1 is 1.10 bits per heavy atom. The summed E-state index contributed by atoms with van der Waals surface area (Å²) in [4.78, 5) is 8.23. The van der Waals surface area contributed by atoms with Crippen molar-refractivity contribution in [1.29, 1.82) is 0 Å². The minimum Gasteiger partial charge on any atom is -0.379 e. The zero-order chi connectivity index (χ0) is 22.7. The van der Waals surface area contributed by atoms with Gasteiger partial charge in [0.2, 0.25) is 0 Å². The first kappa shape index (κ1) is 25.4. The fourth-order valence-electron chi connectivity index (χ4n) is 3.39. The number of hydrogen-bond acceptors (Lipinski definition) is 4. The van der Waals surface area contributed by atoms with Crippen molar-refractivity contribution in [2.45, 2.75) is 46.1 Å². The summed E-state index contributed by atoms with van der Waals surface area (Å²) < 4.78 is 49.8. The third-order valence-corrected chi connectivity index (χ3v) is 5.22. The van der Waals surface area contributed by atoms with Crippen LogP contribution in [0.1, 0.15) is 31.9 Å². The lowest BCUT2D eigenvalue weighted by atomic mass is 10.1. The lowest BCUT2D eigenvalue weighted by Gasteiger charge is -2.39. The van der Waals surface area contributed by atoms with Gasteiger partial charge >= 0.3 is 6.18 Å². The number of piperazine rings is 1. The molecule has 1 aliphatic rings. The number of alkyl halides is 3. The molecular weight excluding hydrogens is 409 g/mol. The maximum Gasteiger partial charge on any atom is 0.403 e. The van der Waals surface area contributed by atoms with E-state index >= 15 is 0 Å². The Hall–Kier alpha value is -1.84. The van der Waals surface area contributed by atoms with Gasteiger partial charge in [0.25, 0.3) is 0 Å². The quantitative estimate of drug-likeness (QED) is 0.341. The van der Waals surface area contributed by atoms with Crippen LogP contribution in [0.2, 0.25) is 0 Å². The SMILES string of the molecule is CCNC(=NCc1cccc(COCCOCC)c1)N1CCN(C(C)C(F)(F)F)CC1. The number of ether oxygens (including phenoxy) is 2. The van der Waals surface area contributed by atoms with Crippen LogP contribution < -0.4 is 5.32 Å². The molecule has 31 heavy (non-hydrogen) atoms. The first-order valence-corrected chi connectivity index (χ1v) is 10.9. The Morgan fingerprint density at radius 2 is 1.77 bits per heavy atom. The van der Waals surface area contributed by atoms with Crippen LogP contribution in [0.5, 0.6) is 0 Å². The van der Waals surface area contributed by atoms with Crippen LogP contribution >= 0.6 is 0 Å². The second-order valence-corrected chi connectivity index (χ2v) is 7.48. The van der Waals surface area contributed by atoms with Crippen molar-refractivity contribution in [3.05, 3.63) is 35.4 Å². The zero-order valence-corrected chi connectivity index (χ0v) is 18.7. The number of nitrogens with one attached hydrogen (secondary N) is 1. The van der Waals surface area contributed by atoms with Crippen LogP contribution in [0.3, 0.4) is 0 Å². The van der Waals surface area contributed by atoms with E-state index in [9.17, 15) is 13.2 Å². The lowest BCUT2D eigenvalue weighted by molar-refractivity contribution is -0.181. The number of nitrogens with zero attached hydrogens (tertiary/aromatic N) is 3. The topological polar surface area (TPSA) is 49.3 Å². The molecule has 2 rings (SSSR count). The average molecular weight is 445 g/mol. The Labute approximate surface area is 183 Å². The average Bonchev–Trinajstić information content (AvgIpc) is 2.76. The van der Waals surface area contributed by atoms with Crippen molar-refractivity contribution < 1.29 is 22.6 Å². The molecule has 1 fully saturated rings. The summed E-state index contributed by atoms with van der Waals surface area (Å²) in [6.07, 6.45) is -4.20. The van der Waals surface area contributed by atoms with E-state index in [1.165, 1.54) is 11.8 Å². The largest absolute Gasteiger partial charge is 0.403 e. The summed E-state index contributed by atoms with van der Waals surface area (Å²) in [6, 6.07) is 6.65. The Morgan fingerprint density at radius 3 is 2.42 bits per heavy atom. The first-order valence-electron chi connectivity index (χ1n) is 10.9. The van der Waals surface area contributed by atoms with E-state index in [-0.39, 0.29) is 0 Å². The molecule has 0 aromatic heterocycles. The molecule has 1 unspecified atom stereocenters. The third kappa shape index (κ3) is 8.66. The maximum absolute atomic E-state index is 13.0. The van der Waals surface area contributed by atoms with E-state index in [1.807, 2.05) is 36.9 Å². The molecule has 0 aliphatic carbocycles. The van der Waals surface area contributed by atoms with Gasteiger partial charge in [0, 0.05) is 39.3 Å². The van der Waals surface area contributed by atoms with Crippen LogP contribution in [0, 0.1) is 0 Å². The van der Waals surface area contributed by atoms with Crippen molar-refractivity contribution >= 4 is 5.96 Å². The summed E-state index contributed by atoms with van der Waals surface area (Å²) in [6.45, 7) is 10.4. The van der Waals surface area contributed by atoms with Gasteiger partial charge in [-0.05, 0) is 31.9 Å². The number of guanidine groups is 1. The van der Waals surface area contributed by atoms with E-state index in [0.717, 1.165) is 17.1 Å². The molecule has 1 atom stereocenters. The fraction of sp³-hybridized carbons (Fsp3) is 0.682. The lowest BCUT2D eigenvalue weighted by Crippen LogP contribution is -2.56. The summed E-state index contributed by atoms with van der Waals surface area (Å²) in [5.41, 5.74) is 2.13. The molecular formula is C22H35F3N4O2. The highest BCUT2D eigenvalue weighted by Crippen LogP contribution is 2.25. The van der Waals surface area contributed by atoms with Crippen LogP contribution in [0.15, 0.2) is 29.3 Å². The van der Waals surface area contributed by atoms with Gasteiger partial charge < -0.3 is 19.7 Å². The van der Waals surface area contributed by atoms with E-state index in [4.69, 9.17) is 14.5 Å². The van der Waals surface area contributed by atoms with Crippen LogP contribution in [-0.4, -0.2) is 80.5 Å². The summed E-state index contributed by atoms with van der Waals surface area (Å²) in [5, 5.41) is 3.26. The standard InChI is InChI=1S/C22H35F3N4O2/c1-4-26-21(29-11-9-28(10-12-29)18(3)22(23,24)25)27-16-19-7-6-8-20(15-19)17-31-14-13-30-5-2/h6-8,15,18H,4-5,9-14,16-17H2,1-3H3,(H,26,27). The van der Waals surface area contributed by atoms with Gasteiger partial charge in [-0.3, -0.25) is 4.90 Å². The van der Waals surface area contributed by atoms with Gasteiger partial charge in [-0.25, -0.2) is 4.99 Å². The zero-order valence-electron chi connectivity index (χ0n) is 18.7. The van der Waals surface area contributed by atoms with Crippen molar-refractivity contribution in [2.24, 2.45) is 4.99 Å². The Bertz CT molecular complexity index is 677. The number of hydrogen-bond donors (Lipinski definition) is 1. The van der Waals surface area contributed by atoms with Gasteiger partial charge in [-0.2, -0.15) is 13.2 Å². The molecule has 6 nitrogen and oxygen atoms in total. The van der Waals surface area contributed by atoms with E-state index < -0.39 is 12.2 Å². The third-order valence-electron chi connectivity index (χ3n) is 5.22. The minimum absolute atomic E-state index is 0.361. The first-order chi connectivity index (χ1) is 14.8. The Kier molecular flexibility index (Phi) is 10.6. The van der Waals surface area contributed by atoms with Crippen LogP contribution in [-0.2, 0) is 22.6 Å². The van der Waals surface area contributed by atoms with Crippen molar-refractivity contribution in [3.8, 4) is 0 Å². The highest BCUT2D eigenvalue weighted by Gasteiger charge is 2.41. The predicted molar refractivity (Wildman–Crippen MR) is 116 cm³/mol. The highest BCUT2D eigenvalue weighted by molar-refractivity contribution is 5.80. The number of halogens is 3. The van der Waals surface area contributed by atoms with Gasteiger partial charge in [0.05, 0.1) is 26.4 Å². The minimum atomic E-state index is -4.20. The smallest absolute Gasteiger partial charge is 0.379 e. The maximum atomic E-state index is 13.0. The molecule has 1 aromatic carbocycles. The normalized spacial score (nSPS) is 17.1. The molecule has 0 bridgehead atoms. The molecule has 0 amide bonds. The molecule has 0 saturated carbocycles. The molecule has 9 heteroatoms. The summed E-state index contributed by atoms with van der Waals surface area (Å²) in [5.74, 6) is 0.736. The van der Waals surface area contributed by atoms with E-state index in [2.05, 4.69) is 11.4 Å². The molecule has 1 aromatic rings. The van der Waals surface area contributed by atoms with Gasteiger partial charge in [-0.1, -0.05) is 24.3 Å². The molecule has 0 radical (unpaired) electrons. The van der Waals surface area contributed by atoms with Crippen LogP contribution in [0.4, 0.5) is 13.2 Å². The van der Waals surface area contributed by atoms with Gasteiger partial charge in [0.1, 0.15) is 6.04 Å². The number of rotatable bonds is 10. The summed E-state index contributed by atoms with van der Waals surface area (Å²) in [7, 11) is 0. The molecule has 1 saturated heterocycles. The van der Waals surface area contributed by atoms with Crippen molar-refractivity contribution in [2.75, 3.05) is 52.5 Å². The molecule has 176 valence electrons. The van der Waals surface area contributed by atoms with E-state index in [1.54, 1.807) is 0 Å². The monoisotopic (exact) mass is 444 g/mol. The van der Waals surface area contributed by atoms with Gasteiger partial charge in [-0.15, -0.1) is 0 Å². The second-order valence-electron chi connectivity index (χ2n) is 7.48. The predicted octanol–water partition coefficient (Wildman–Crippen LogP) is 3.27.